The summed E-state index contributed by atoms with van der Waals surface area (Å²) < 4.78 is 21.5. The lowest BCUT2D eigenvalue weighted by Gasteiger charge is -2.16. The molecule has 7 heteroatoms. The van der Waals surface area contributed by atoms with Crippen molar-refractivity contribution in [2.24, 2.45) is 0 Å². The van der Waals surface area contributed by atoms with E-state index in [4.69, 9.17) is 18.9 Å². The predicted molar refractivity (Wildman–Crippen MR) is 77.8 cm³/mol. The van der Waals surface area contributed by atoms with E-state index in [0.29, 0.717) is 23.5 Å². The summed E-state index contributed by atoms with van der Waals surface area (Å²) in [7, 11) is 1.57. The van der Waals surface area contributed by atoms with Gasteiger partial charge in [-0.25, -0.2) is 9.53 Å². The summed E-state index contributed by atoms with van der Waals surface area (Å²) in [5.74, 6) is -0.494. The summed E-state index contributed by atoms with van der Waals surface area (Å²) in [6.45, 7) is 0.957. The van der Waals surface area contributed by atoms with Gasteiger partial charge in [-0.2, -0.15) is 0 Å². The number of esters is 1. The van der Waals surface area contributed by atoms with Gasteiger partial charge in [-0.1, -0.05) is 18.2 Å². The van der Waals surface area contributed by atoms with Crippen LogP contribution in [0.5, 0.6) is 0 Å². The van der Waals surface area contributed by atoms with E-state index in [2.05, 4.69) is 0 Å². The van der Waals surface area contributed by atoms with E-state index in [1.54, 1.807) is 37.4 Å². The first-order valence-electron chi connectivity index (χ1n) is 6.94. The summed E-state index contributed by atoms with van der Waals surface area (Å²) in [5, 5.41) is 11.4. The van der Waals surface area contributed by atoms with E-state index in [1.807, 2.05) is 0 Å². The molecule has 2 atom stereocenters. The van der Waals surface area contributed by atoms with Gasteiger partial charge in [-0.3, -0.25) is 0 Å². The van der Waals surface area contributed by atoms with Gasteiger partial charge in [-0.15, -0.1) is 0 Å². The molecule has 0 fully saturated rings. The zero-order chi connectivity index (χ0) is 15.8. The minimum absolute atomic E-state index is 0.00902. The first-order chi connectivity index (χ1) is 10.7. The maximum atomic E-state index is 12.0. The largest absolute Gasteiger partial charge is 0.624 e. The molecule has 0 unspecified atom stereocenters. The number of rotatable bonds is 8. The van der Waals surface area contributed by atoms with Crippen molar-refractivity contribution in [3.05, 3.63) is 41.1 Å². The molecule has 0 amide bonds. The maximum absolute atomic E-state index is 12.0. The van der Waals surface area contributed by atoms with E-state index < -0.39 is 18.2 Å². The molecule has 7 nitrogen and oxygen atoms in total. The average molecular weight is 309 g/mol. The minimum Gasteiger partial charge on any atom is -0.624 e. The zero-order valence-corrected chi connectivity index (χ0v) is 12.3. The first kappa shape index (κ1) is 16.4. The number of benzene rings is 1. The van der Waals surface area contributed by atoms with Crippen LogP contribution in [-0.2, 0) is 18.9 Å². The Hall–Kier alpha value is -1.96. The SMILES string of the molecule is COCCOCO[C@H]1C[N+]([O-])=C[C@H]1OC(=O)c1ccccc1. The quantitative estimate of drug-likeness (QED) is 0.232. The molecule has 0 radical (unpaired) electrons. The Morgan fingerprint density at radius 1 is 1.32 bits per heavy atom. The van der Waals surface area contributed by atoms with Crippen molar-refractivity contribution in [2.75, 3.05) is 33.7 Å². The van der Waals surface area contributed by atoms with Crippen molar-refractivity contribution in [1.82, 2.24) is 0 Å². The third kappa shape index (κ3) is 4.80. The third-order valence-corrected chi connectivity index (χ3v) is 3.09. The van der Waals surface area contributed by atoms with E-state index in [9.17, 15) is 10.0 Å². The molecule has 1 aliphatic heterocycles. The Kier molecular flexibility index (Phi) is 6.32. The summed E-state index contributed by atoms with van der Waals surface area (Å²) in [6.07, 6.45) is 0.0182. The van der Waals surface area contributed by atoms with E-state index >= 15 is 0 Å². The molecular formula is C15H19NO6. The van der Waals surface area contributed by atoms with E-state index in [0.717, 1.165) is 0 Å². The number of methoxy groups -OCH3 is 1. The number of hydrogen-bond acceptors (Lipinski definition) is 6. The molecule has 2 rings (SSSR count). The topological polar surface area (TPSA) is 80.1 Å². The van der Waals surface area contributed by atoms with Gasteiger partial charge < -0.3 is 24.2 Å². The molecule has 0 aromatic heterocycles. The smallest absolute Gasteiger partial charge is 0.339 e. The normalized spacial score (nSPS) is 20.7. The molecule has 1 aromatic carbocycles. The molecule has 0 spiro atoms. The van der Waals surface area contributed by atoms with Crippen LogP contribution in [0.15, 0.2) is 30.3 Å². The van der Waals surface area contributed by atoms with Crippen molar-refractivity contribution in [3.8, 4) is 0 Å². The summed E-state index contributed by atoms with van der Waals surface area (Å²) in [6, 6.07) is 8.59. The van der Waals surface area contributed by atoms with Crippen LogP contribution in [0.3, 0.4) is 0 Å². The fraction of sp³-hybridized carbons (Fsp3) is 0.467. The first-order valence-corrected chi connectivity index (χ1v) is 6.94. The molecule has 22 heavy (non-hydrogen) atoms. The molecule has 0 aliphatic carbocycles. The van der Waals surface area contributed by atoms with Crippen LogP contribution in [0.2, 0.25) is 0 Å². The molecule has 1 aliphatic rings. The van der Waals surface area contributed by atoms with Crippen LogP contribution in [0.25, 0.3) is 0 Å². The van der Waals surface area contributed by atoms with Crippen molar-refractivity contribution >= 4 is 12.2 Å². The highest BCUT2D eigenvalue weighted by Gasteiger charge is 2.36. The van der Waals surface area contributed by atoms with Gasteiger partial charge in [0.1, 0.15) is 6.79 Å². The third-order valence-electron chi connectivity index (χ3n) is 3.09. The Bertz CT molecular complexity index is 504. The van der Waals surface area contributed by atoms with Crippen LogP contribution >= 0.6 is 0 Å². The van der Waals surface area contributed by atoms with Gasteiger partial charge in [-0.05, 0) is 12.1 Å². The number of carbonyl (C=O) groups is 1. The Balaban J connectivity index is 1.83. The Morgan fingerprint density at radius 2 is 2.09 bits per heavy atom. The molecule has 1 aromatic rings. The Morgan fingerprint density at radius 3 is 2.82 bits per heavy atom. The van der Waals surface area contributed by atoms with Crippen molar-refractivity contribution in [2.45, 2.75) is 12.2 Å². The molecule has 0 N–H and O–H groups in total. The number of ether oxygens (including phenoxy) is 4. The van der Waals surface area contributed by atoms with Crippen molar-refractivity contribution in [1.29, 1.82) is 0 Å². The van der Waals surface area contributed by atoms with Crippen LogP contribution in [0, 0.1) is 5.21 Å². The maximum Gasteiger partial charge on any atom is 0.339 e. The molecule has 1 heterocycles. The van der Waals surface area contributed by atoms with E-state index in [1.165, 1.54) is 6.21 Å². The summed E-state index contributed by atoms with van der Waals surface area (Å²) >= 11 is 0. The lowest BCUT2D eigenvalue weighted by molar-refractivity contribution is -0.454. The standard InChI is InChI=1S/C15H19NO6/c1-19-7-8-20-11-21-13-9-16(18)10-14(13)22-15(17)12-5-3-2-4-6-12/h2-6,10,13-14H,7-9,11H2,1H3/t13-,14+/m0/s1. The second-order valence-electron chi connectivity index (χ2n) is 4.71. The molecule has 0 bridgehead atoms. The van der Waals surface area contributed by atoms with Crippen molar-refractivity contribution < 1.29 is 28.5 Å². The number of hydroxylamine groups is 1. The van der Waals surface area contributed by atoms with E-state index in [-0.39, 0.29) is 13.3 Å². The fourth-order valence-electron chi connectivity index (χ4n) is 1.96. The second-order valence-corrected chi connectivity index (χ2v) is 4.71. The van der Waals surface area contributed by atoms with Crippen LogP contribution < -0.4 is 0 Å². The predicted octanol–water partition coefficient (Wildman–Crippen LogP) is 0.812. The van der Waals surface area contributed by atoms with Crippen LogP contribution in [-0.4, -0.2) is 62.8 Å². The highest BCUT2D eigenvalue weighted by molar-refractivity contribution is 5.90. The van der Waals surface area contributed by atoms with Crippen LogP contribution in [0.4, 0.5) is 0 Å². The molecular weight excluding hydrogens is 290 g/mol. The monoisotopic (exact) mass is 309 g/mol. The van der Waals surface area contributed by atoms with Gasteiger partial charge >= 0.3 is 5.97 Å². The lowest BCUT2D eigenvalue weighted by atomic mass is 10.2. The van der Waals surface area contributed by atoms with Crippen molar-refractivity contribution in [3.63, 3.8) is 0 Å². The second kappa shape index (κ2) is 8.47. The lowest BCUT2D eigenvalue weighted by Crippen LogP contribution is -2.33. The van der Waals surface area contributed by atoms with Gasteiger partial charge in [0.25, 0.3) is 0 Å². The summed E-state index contributed by atoms with van der Waals surface area (Å²) in [5.41, 5.74) is 0.426. The fourth-order valence-corrected chi connectivity index (χ4v) is 1.96. The van der Waals surface area contributed by atoms with Crippen LogP contribution in [0.1, 0.15) is 10.4 Å². The van der Waals surface area contributed by atoms with Gasteiger partial charge in [0, 0.05) is 7.11 Å². The highest BCUT2D eigenvalue weighted by atomic mass is 16.7. The number of carbonyl (C=O) groups excluding carboxylic acids is 1. The molecule has 0 saturated heterocycles. The minimum atomic E-state index is -0.726. The zero-order valence-electron chi connectivity index (χ0n) is 12.3. The van der Waals surface area contributed by atoms with Gasteiger partial charge in [0.2, 0.25) is 6.10 Å². The Labute approximate surface area is 128 Å². The number of nitrogens with zero attached hydrogens (tertiary/aromatic N) is 1. The van der Waals surface area contributed by atoms with Gasteiger partial charge in [0.15, 0.2) is 18.9 Å². The number of hydrogen-bond donors (Lipinski definition) is 0. The van der Waals surface area contributed by atoms with Gasteiger partial charge in [0.05, 0.1) is 18.8 Å². The summed E-state index contributed by atoms with van der Waals surface area (Å²) in [4.78, 5) is 12.0. The molecule has 0 saturated carbocycles. The average Bonchev–Trinajstić information content (AvgIpc) is 2.87. The molecule has 120 valence electrons. The highest BCUT2D eigenvalue weighted by Crippen LogP contribution is 2.12.